The second-order valence-electron chi connectivity index (χ2n) is 13.9. The molecule has 0 spiro atoms. The summed E-state index contributed by atoms with van der Waals surface area (Å²) >= 11 is 0. The zero-order chi connectivity index (χ0) is 32.5. The Labute approximate surface area is 273 Å². The lowest BCUT2D eigenvalue weighted by Crippen LogP contribution is -2.69. The number of nitrogens with zero attached hydrogens (tertiary/aromatic N) is 2. The predicted molar refractivity (Wildman–Crippen MR) is 175 cm³/mol. The van der Waals surface area contributed by atoms with Gasteiger partial charge in [-0.05, 0) is 72.9 Å². The number of rotatable bonds is 6. The fourth-order valence-corrected chi connectivity index (χ4v) is 16.7. The summed E-state index contributed by atoms with van der Waals surface area (Å²) in [5.41, 5.74) is 2.10. The first-order valence-electron chi connectivity index (χ1n) is 16.4. The number of sulfone groups is 2. The summed E-state index contributed by atoms with van der Waals surface area (Å²) < 4.78 is 112. The first kappa shape index (κ1) is 32.7. The molecule has 4 atom stereocenters. The van der Waals surface area contributed by atoms with E-state index in [1.54, 1.807) is 24.3 Å². The number of fused-ring (bicyclic) bond motifs is 2. The predicted octanol–water partition coefficient (Wildman–Crippen LogP) is 3.81. The minimum Gasteiger partial charge on any atom is -0.229 e. The molecule has 2 aromatic rings. The molecule has 7 rings (SSSR count). The Hall–Kier alpha value is -1.84. The number of hydrogen-bond acceptors (Lipinski definition) is 8. The molecule has 3 saturated heterocycles. The lowest BCUT2D eigenvalue weighted by atomic mass is 9.84. The summed E-state index contributed by atoms with van der Waals surface area (Å²) in [7, 11) is -16.5. The van der Waals surface area contributed by atoms with Crippen molar-refractivity contribution in [1.82, 2.24) is 8.61 Å². The van der Waals surface area contributed by atoms with Crippen LogP contribution in [-0.4, -0.2) is 89.5 Å². The summed E-state index contributed by atoms with van der Waals surface area (Å²) in [5, 5.41) is 0. The molecule has 2 aliphatic carbocycles. The van der Waals surface area contributed by atoms with Crippen LogP contribution in [0.15, 0.2) is 58.3 Å². The Kier molecular flexibility index (Phi) is 8.49. The van der Waals surface area contributed by atoms with Gasteiger partial charge in [-0.25, -0.2) is 33.7 Å². The maximum atomic E-state index is 14.4. The van der Waals surface area contributed by atoms with Crippen LogP contribution in [0.5, 0.6) is 0 Å². The van der Waals surface area contributed by atoms with Crippen LogP contribution in [0.1, 0.15) is 87.2 Å². The normalized spacial score (nSPS) is 31.0. The number of hydrogen-bond donors (Lipinski definition) is 0. The van der Waals surface area contributed by atoms with Crippen LogP contribution in [0.4, 0.5) is 0 Å². The Bertz CT molecular complexity index is 1720. The Balaban J connectivity index is 1.26. The van der Waals surface area contributed by atoms with Crippen molar-refractivity contribution in [3.8, 4) is 0 Å². The van der Waals surface area contributed by atoms with Gasteiger partial charge in [0.15, 0.2) is 19.7 Å². The van der Waals surface area contributed by atoms with Gasteiger partial charge in [0.05, 0.1) is 57.0 Å². The molecule has 2 saturated carbocycles. The van der Waals surface area contributed by atoms with Crippen LogP contribution in [0, 0.1) is 0 Å². The Morgan fingerprint density at radius 3 is 1.02 bits per heavy atom. The van der Waals surface area contributed by atoms with E-state index in [0.717, 1.165) is 71.1 Å². The maximum Gasteiger partial charge on any atom is 0.243 e. The van der Waals surface area contributed by atoms with Gasteiger partial charge in [-0.15, -0.1) is 0 Å². The first-order chi connectivity index (χ1) is 21.8. The lowest BCUT2D eigenvalue weighted by Gasteiger charge is -2.49. The van der Waals surface area contributed by atoms with E-state index < -0.39 is 86.9 Å². The van der Waals surface area contributed by atoms with Crippen molar-refractivity contribution in [3.05, 3.63) is 59.7 Å². The summed E-state index contributed by atoms with van der Waals surface area (Å²) in [4.78, 5) is -0.0967. The van der Waals surface area contributed by atoms with Crippen LogP contribution in [0.2, 0.25) is 0 Å². The van der Waals surface area contributed by atoms with E-state index >= 15 is 0 Å². The maximum absolute atomic E-state index is 14.4. The summed E-state index contributed by atoms with van der Waals surface area (Å²) in [6, 6.07) is 8.27. The third-order valence-electron chi connectivity index (χ3n) is 11.0. The van der Waals surface area contributed by atoms with Crippen molar-refractivity contribution in [2.45, 2.75) is 110 Å². The Morgan fingerprint density at radius 1 is 0.457 bits per heavy atom. The molecule has 5 fully saturated rings. The van der Waals surface area contributed by atoms with Crippen molar-refractivity contribution < 1.29 is 33.7 Å². The molecule has 10 nitrogen and oxygen atoms in total. The zero-order valence-electron chi connectivity index (χ0n) is 25.8. The molecule has 46 heavy (non-hydrogen) atoms. The van der Waals surface area contributed by atoms with Crippen molar-refractivity contribution in [2.24, 2.45) is 0 Å². The third-order valence-corrected chi connectivity index (χ3v) is 18.3. The van der Waals surface area contributed by atoms with Crippen LogP contribution >= 0.6 is 0 Å². The van der Waals surface area contributed by atoms with Crippen molar-refractivity contribution in [1.29, 1.82) is 0 Å². The fourth-order valence-electron chi connectivity index (χ4n) is 8.74. The molecular weight excluding hydrogens is 669 g/mol. The number of benzene rings is 2. The molecule has 0 bridgehead atoms. The smallest absolute Gasteiger partial charge is 0.229 e. The molecule has 14 heteroatoms. The number of piperazine rings is 1. The largest absolute Gasteiger partial charge is 0.243 e. The van der Waals surface area contributed by atoms with Crippen molar-refractivity contribution in [2.75, 3.05) is 23.0 Å². The van der Waals surface area contributed by atoms with E-state index in [9.17, 15) is 33.7 Å². The van der Waals surface area contributed by atoms with Gasteiger partial charge in [-0.2, -0.15) is 8.61 Å². The molecule has 2 aromatic carbocycles. The molecular formula is C32H42N2O8S4. The molecule has 3 aliphatic heterocycles. The molecule has 0 radical (unpaired) electrons. The van der Waals surface area contributed by atoms with E-state index in [2.05, 4.69) is 0 Å². The molecule has 0 aromatic heterocycles. The zero-order valence-corrected chi connectivity index (χ0v) is 29.0. The quantitative estimate of drug-likeness (QED) is 0.441. The average molecular weight is 711 g/mol. The van der Waals surface area contributed by atoms with Gasteiger partial charge in [0, 0.05) is 0 Å². The minimum absolute atomic E-state index is 0.0484. The van der Waals surface area contributed by atoms with Gasteiger partial charge < -0.3 is 0 Å². The summed E-state index contributed by atoms with van der Waals surface area (Å²) in [5.74, 6) is -1.60. The average Bonchev–Trinajstić information content (AvgIpc) is 3.52. The van der Waals surface area contributed by atoms with E-state index in [1.807, 2.05) is 0 Å². The van der Waals surface area contributed by atoms with Gasteiger partial charge >= 0.3 is 0 Å². The molecule has 5 aliphatic rings. The fraction of sp³-hybridized carbons (Fsp3) is 0.625. The molecule has 0 amide bonds. The highest BCUT2D eigenvalue weighted by Crippen LogP contribution is 2.44. The number of sulfonamides is 2. The van der Waals surface area contributed by atoms with Gasteiger partial charge in [-0.3, -0.25) is 0 Å². The monoisotopic (exact) mass is 710 g/mol. The Morgan fingerprint density at radius 2 is 0.739 bits per heavy atom. The summed E-state index contributed by atoms with van der Waals surface area (Å²) in [6.45, 7) is 0. The van der Waals surface area contributed by atoms with Crippen LogP contribution in [0.3, 0.4) is 0 Å². The van der Waals surface area contributed by atoms with Crippen LogP contribution in [-0.2, 0) is 39.7 Å². The lowest BCUT2D eigenvalue weighted by molar-refractivity contribution is 0.0841. The van der Waals surface area contributed by atoms with E-state index in [4.69, 9.17) is 0 Å². The van der Waals surface area contributed by atoms with Crippen LogP contribution < -0.4 is 0 Å². The standard InChI is InChI=1S/C32H42N2O8S4/c35-43(36)19-29-31(21-43)34(46(41,42)28-17-13-26(14-18-28)24-9-5-2-6-10-24)32-22-44(37,38)20-30(32)33(29)45(39,40)27-15-11-25(12-16-27)23-7-3-1-4-8-23/h11-18,23-24,29-32H,1-10,19-22H2/t29-,30+,31+,32-. The third kappa shape index (κ3) is 5.89. The topological polar surface area (TPSA) is 143 Å². The highest BCUT2D eigenvalue weighted by molar-refractivity contribution is 7.93. The van der Waals surface area contributed by atoms with E-state index in [1.165, 1.54) is 37.1 Å². The van der Waals surface area contributed by atoms with E-state index in [-0.39, 0.29) is 9.79 Å². The van der Waals surface area contributed by atoms with Gasteiger partial charge in [0.1, 0.15) is 0 Å². The second kappa shape index (κ2) is 11.9. The highest BCUT2D eigenvalue weighted by Gasteiger charge is 2.63. The van der Waals surface area contributed by atoms with Crippen molar-refractivity contribution >= 4 is 39.7 Å². The molecule has 252 valence electrons. The van der Waals surface area contributed by atoms with Crippen LogP contribution in [0.25, 0.3) is 0 Å². The van der Waals surface area contributed by atoms with E-state index in [0.29, 0.717) is 11.8 Å². The van der Waals surface area contributed by atoms with Gasteiger partial charge in [0.25, 0.3) is 0 Å². The highest BCUT2D eigenvalue weighted by atomic mass is 32.2. The SMILES string of the molecule is O=S1(=O)C[C@@H]2[C@H](C1)N(S(=O)(=O)c1ccc(C3CCCCC3)cc1)[C@@H]1CS(=O)(=O)C[C@@H]1N2S(=O)(=O)c1ccc(C2CCCCC2)cc1. The molecule has 0 N–H and O–H groups in total. The van der Waals surface area contributed by atoms with Gasteiger partial charge in [-0.1, -0.05) is 62.8 Å². The molecule has 3 heterocycles. The van der Waals surface area contributed by atoms with Crippen molar-refractivity contribution in [3.63, 3.8) is 0 Å². The second-order valence-corrected chi connectivity index (χ2v) is 21.9. The minimum atomic E-state index is -4.39. The summed E-state index contributed by atoms with van der Waals surface area (Å²) in [6.07, 6.45) is 11.0. The van der Waals surface area contributed by atoms with Gasteiger partial charge in [0.2, 0.25) is 20.0 Å². The molecule has 0 unspecified atom stereocenters. The first-order valence-corrected chi connectivity index (χ1v) is 23.0.